The zero-order valence-electron chi connectivity index (χ0n) is 16.5. The van der Waals surface area contributed by atoms with E-state index in [9.17, 15) is 4.79 Å². The molecule has 0 aliphatic rings. The van der Waals surface area contributed by atoms with Crippen molar-refractivity contribution in [2.75, 3.05) is 32.1 Å². The van der Waals surface area contributed by atoms with Gasteiger partial charge in [-0.1, -0.05) is 41.7 Å². The summed E-state index contributed by atoms with van der Waals surface area (Å²) in [5, 5.41) is 0.801. The Morgan fingerprint density at radius 2 is 1.74 bits per heavy atom. The number of rotatable bonds is 7. The van der Waals surface area contributed by atoms with Crippen molar-refractivity contribution >= 4 is 32.6 Å². The Balaban J connectivity index is 1.82. The van der Waals surface area contributed by atoms with Crippen molar-refractivity contribution in [2.45, 2.75) is 26.7 Å². The summed E-state index contributed by atoms with van der Waals surface area (Å²) in [5.74, 6) is 0.133. The van der Waals surface area contributed by atoms with Gasteiger partial charge in [0.15, 0.2) is 5.13 Å². The molecule has 4 nitrogen and oxygen atoms in total. The molecule has 1 heterocycles. The van der Waals surface area contributed by atoms with Crippen LogP contribution in [-0.2, 0) is 11.2 Å². The van der Waals surface area contributed by atoms with Crippen LogP contribution in [0.25, 0.3) is 10.2 Å². The van der Waals surface area contributed by atoms with Crippen molar-refractivity contribution < 1.29 is 4.79 Å². The molecule has 2 aromatic carbocycles. The smallest absolute Gasteiger partial charge is 0.229 e. The lowest BCUT2D eigenvalue weighted by Gasteiger charge is -2.22. The topological polar surface area (TPSA) is 36.4 Å². The minimum Gasteiger partial charge on any atom is -0.308 e. The predicted molar refractivity (Wildman–Crippen MR) is 115 cm³/mol. The van der Waals surface area contributed by atoms with Gasteiger partial charge in [0.05, 0.1) is 10.2 Å². The molecular weight excluding hydrogens is 354 g/mol. The number of hydrogen-bond acceptors (Lipinski definition) is 4. The maximum absolute atomic E-state index is 13.0. The first-order valence-electron chi connectivity index (χ1n) is 9.31. The summed E-state index contributed by atoms with van der Waals surface area (Å²) in [6.45, 7) is 5.68. The number of carbonyl (C=O) groups excluding carboxylic acids is 1. The van der Waals surface area contributed by atoms with Crippen LogP contribution in [0, 0.1) is 13.8 Å². The van der Waals surface area contributed by atoms with Crippen LogP contribution >= 0.6 is 11.3 Å². The van der Waals surface area contributed by atoms with Gasteiger partial charge in [-0.05, 0) is 63.2 Å². The van der Waals surface area contributed by atoms with E-state index in [1.165, 1.54) is 16.7 Å². The molecule has 0 atom stereocenters. The van der Waals surface area contributed by atoms with Crippen molar-refractivity contribution in [1.82, 2.24) is 9.88 Å². The van der Waals surface area contributed by atoms with Crippen molar-refractivity contribution in [2.24, 2.45) is 0 Å². The van der Waals surface area contributed by atoms with Crippen LogP contribution in [0.1, 0.15) is 23.1 Å². The lowest BCUT2D eigenvalue weighted by molar-refractivity contribution is -0.118. The van der Waals surface area contributed by atoms with E-state index in [1.807, 2.05) is 37.2 Å². The second-order valence-corrected chi connectivity index (χ2v) is 8.24. The van der Waals surface area contributed by atoms with E-state index >= 15 is 0 Å². The first kappa shape index (κ1) is 19.5. The van der Waals surface area contributed by atoms with Crippen molar-refractivity contribution in [3.8, 4) is 0 Å². The molecule has 0 saturated carbocycles. The molecule has 142 valence electrons. The number of hydrogen-bond donors (Lipinski definition) is 0. The second kappa shape index (κ2) is 8.63. The summed E-state index contributed by atoms with van der Waals surface area (Å²) in [6, 6.07) is 14.5. The molecular formula is C22H27N3OS. The van der Waals surface area contributed by atoms with E-state index in [1.54, 1.807) is 11.3 Å². The SMILES string of the molecule is Cc1cc2nc(N(CCN(C)C)C(=O)CCc3ccccc3)sc2cc1C. The van der Waals surface area contributed by atoms with E-state index in [4.69, 9.17) is 4.98 Å². The van der Waals surface area contributed by atoms with Gasteiger partial charge < -0.3 is 4.90 Å². The zero-order chi connectivity index (χ0) is 19.4. The molecule has 5 heteroatoms. The Hall–Kier alpha value is -2.24. The minimum atomic E-state index is 0.133. The predicted octanol–water partition coefficient (Wildman–Crippen LogP) is 4.44. The van der Waals surface area contributed by atoms with Crippen LogP contribution in [0.15, 0.2) is 42.5 Å². The standard InChI is InChI=1S/C22H27N3OS/c1-16-14-19-20(15-17(16)2)27-22(23-19)25(13-12-24(3)4)21(26)11-10-18-8-6-5-7-9-18/h5-9,14-15H,10-13H2,1-4H3. The first-order valence-corrected chi connectivity index (χ1v) is 10.1. The summed E-state index contributed by atoms with van der Waals surface area (Å²) >= 11 is 1.61. The van der Waals surface area contributed by atoms with Crippen LogP contribution in [0.4, 0.5) is 5.13 Å². The molecule has 0 aliphatic heterocycles. The van der Waals surface area contributed by atoms with Gasteiger partial charge >= 0.3 is 0 Å². The van der Waals surface area contributed by atoms with Gasteiger partial charge in [0.2, 0.25) is 5.91 Å². The summed E-state index contributed by atoms with van der Waals surface area (Å²) in [4.78, 5) is 21.7. The molecule has 0 N–H and O–H groups in total. The third kappa shape index (κ3) is 4.93. The Morgan fingerprint density at radius 3 is 2.44 bits per heavy atom. The molecule has 27 heavy (non-hydrogen) atoms. The van der Waals surface area contributed by atoms with Gasteiger partial charge in [-0.15, -0.1) is 0 Å². The van der Waals surface area contributed by atoms with E-state index in [-0.39, 0.29) is 5.91 Å². The number of thiazole rings is 1. The highest BCUT2D eigenvalue weighted by Crippen LogP contribution is 2.31. The quantitative estimate of drug-likeness (QED) is 0.607. The lowest BCUT2D eigenvalue weighted by Crippen LogP contribution is -2.36. The third-order valence-corrected chi connectivity index (χ3v) is 5.81. The van der Waals surface area contributed by atoms with Crippen molar-refractivity contribution in [3.63, 3.8) is 0 Å². The van der Waals surface area contributed by atoms with Gasteiger partial charge in [-0.2, -0.15) is 0 Å². The molecule has 0 fully saturated rings. The molecule has 3 rings (SSSR count). The number of nitrogens with zero attached hydrogens (tertiary/aromatic N) is 3. The van der Waals surface area contributed by atoms with E-state index in [0.29, 0.717) is 13.0 Å². The maximum atomic E-state index is 13.0. The molecule has 0 bridgehead atoms. The Bertz CT molecular complexity index is 879. The van der Waals surface area contributed by atoms with E-state index < -0.39 is 0 Å². The summed E-state index contributed by atoms with van der Waals surface area (Å²) in [7, 11) is 4.05. The zero-order valence-corrected chi connectivity index (χ0v) is 17.3. The average Bonchev–Trinajstić information content (AvgIpc) is 3.03. The molecule has 1 aromatic heterocycles. The minimum absolute atomic E-state index is 0.133. The number of fused-ring (bicyclic) bond motifs is 1. The molecule has 0 saturated heterocycles. The normalized spacial score (nSPS) is 11.3. The summed E-state index contributed by atoms with van der Waals surface area (Å²) in [6.07, 6.45) is 1.24. The first-order chi connectivity index (χ1) is 12.9. The van der Waals surface area contributed by atoms with Crippen molar-refractivity contribution in [1.29, 1.82) is 0 Å². The highest BCUT2D eigenvalue weighted by molar-refractivity contribution is 7.22. The van der Waals surface area contributed by atoms with E-state index in [2.05, 4.69) is 43.0 Å². The monoisotopic (exact) mass is 381 g/mol. The van der Waals surface area contributed by atoms with E-state index in [0.717, 1.165) is 28.3 Å². The Labute approximate surface area is 165 Å². The molecule has 0 spiro atoms. The molecule has 0 unspecified atom stereocenters. The van der Waals surface area contributed by atoms with Crippen molar-refractivity contribution in [3.05, 3.63) is 59.2 Å². The number of benzene rings is 2. The third-order valence-electron chi connectivity index (χ3n) is 4.77. The molecule has 0 radical (unpaired) electrons. The fourth-order valence-electron chi connectivity index (χ4n) is 2.94. The van der Waals surface area contributed by atoms with Gasteiger partial charge in [-0.25, -0.2) is 4.98 Å². The van der Waals surface area contributed by atoms with Gasteiger partial charge in [-0.3, -0.25) is 9.69 Å². The Morgan fingerprint density at radius 1 is 1.04 bits per heavy atom. The van der Waals surface area contributed by atoms with Crippen LogP contribution in [0.2, 0.25) is 0 Å². The highest BCUT2D eigenvalue weighted by atomic mass is 32.1. The largest absolute Gasteiger partial charge is 0.308 e. The number of amides is 1. The van der Waals surface area contributed by atoms with Crippen LogP contribution in [-0.4, -0.2) is 43.0 Å². The molecule has 0 aliphatic carbocycles. The number of carbonyl (C=O) groups is 1. The van der Waals surface area contributed by atoms with Crippen LogP contribution in [0.3, 0.4) is 0 Å². The summed E-state index contributed by atoms with van der Waals surface area (Å²) in [5.41, 5.74) is 4.65. The lowest BCUT2D eigenvalue weighted by atomic mass is 10.1. The number of anilines is 1. The molecule has 1 amide bonds. The number of aromatic nitrogens is 1. The maximum Gasteiger partial charge on any atom is 0.229 e. The van der Waals surface area contributed by atoms with Gasteiger partial charge in [0.1, 0.15) is 0 Å². The van der Waals surface area contributed by atoms with Crippen LogP contribution in [0.5, 0.6) is 0 Å². The van der Waals surface area contributed by atoms with Gasteiger partial charge in [0.25, 0.3) is 0 Å². The highest BCUT2D eigenvalue weighted by Gasteiger charge is 2.20. The van der Waals surface area contributed by atoms with Gasteiger partial charge in [0, 0.05) is 19.5 Å². The number of likely N-dealkylation sites (N-methyl/N-ethyl adjacent to an activating group) is 1. The second-order valence-electron chi connectivity index (χ2n) is 7.23. The fraction of sp³-hybridized carbons (Fsp3) is 0.364. The van der Waals surface area contributed by atoms with Crippen LogP contribution < -0.4 is 4.90 Å². The Kier molecular flexibility index (Phi) is 6.24. The molecule has 3 aromatic rings. The fourth-order valence-corrected chi connectivity index (χ4v) is 4.03. The number of aryl methyl sites for hydroxylation is 3. The summed E-state index contributed by atoms with van der Waals surface area (Å²) < 4.78 is 1.14. The average molecular weight is 382 g/mol.